The summed E-state index contributed by atoms with van der Waals surface area (Å²) in [6.45, 7) is 4.17. The van der Waals surface area contributed by atoms with E-state index in [2.05, 4.69) is 15.5 Å². The Hall–Kier alpha value is -3.15. The number of pyridine rings is 1. The fraction of sp³-hybridized carbons (Fsp3) is 0.167. The van der Waals surface area contributed by atoms with Crippen LogP contribution in [0.15, 0.2) is 41.1 Å². The molecule has 0 spiro atoms. The van der Waals surface area contributed by atoms with Gasteiger partial charge in [-0.05, 0) is 43.7 Å². The van der Waals surface area contributed by atoms with Gasteiger partial charge in [-0.2, -0.15) is 0 Å². The molecule has 4 rings (SSSR count). The van der Waals surface area contributed by atoms with Crippen LogP contribution in [0, 0.1) is 13.8 Å². The number of benzene rings is 1. The minimum Gasteiger partial charge on any atom is -0.488 e. The van der Waals surface area contributed by atoms with Gasteiger partial charge in [0.2, 0.25) is 0 Å². The number of anilines is 1. The molecule has 1 aliphatic rings. The molecule has 0 unspecified atom stereocenters. The first kappa shape index (κ1) is 14.4. The van der Waals surface area contributed by atoms with Gasteiger partial charge in [0, 0.05) is 6.20 Å². The smallest absolute Gasteiger partial charge is 0.279 e. The summed E-state index contributed by atoms with van der Waals surface area (Å²) in [7, 11) is 0. The molecule has 0 aliphatic carbocycles. The van der Waals surface area contributed by atoms with Crippen molar-refractivity contribution in [2.24, 2.45) is 0 Å². The summed E-state index contributed by atoms with van der Waals surface area (Å²) in [6.07, 6.45) is 1.64. The lowest BCUT2D eigenvalue weighted by Gasteiger charge is -2.16. The van der Waals surface area contributed by atoms with Crippen molar-refractivity contribution >= 4 is 11.7 Å². The summed E-state index contributed by atoms with van der Waals surface area (Å²) >= 11 is 0. The van der Waals surface area contributed by atoms with E-state index >= 15 is 0 Å². The molecule has 0 radical (unpaired) electrons. The summed E-state index contributed by atoms with van der Waals surface area (Å²) in [4.78, 5) is 16.6. The largest absolute Gasteiger partial charge is 0.488 e. The fourth-order valence-corrected chi connectivity index (χ4v) is 2.71. The molecule has 1 aromatic carbocycles. The molecule has 0 atom stereocenters. The molecule has 3 aromatic rings. The van der Waals surface area contributed by atoms with E-state index in [1.165, 1.54) is 0 Å². The number of nitrogens with zero attached hydrogens (tertiary/aromatic N) is 2. The molecule has 0 saturated heterocycles. The predicted molar refractivity (Wildman–Crippen MR) is 87.9 cm³/mol. The van der Waals surface area contributed by atoms with Gasteiger partial charge in [-0.3, -0.25) is 4.79 Å². The summed E-state index contributed by atoms with van der Waals surface area (Å²) < 4.78 is 11.2. The van der Waals surface area contributed by atoms with Crippen molar-refractivity contribution in [3.05, 3.63) is 58.9 Å². The first-order valence-electron chi connectivity index (χ1n) is 7.58. The Balaban J connectivity index is 1.68. The van der Waals surface area contributed by atoms with Crippen molar-refractivity contribution in [1.29, 1.82) is 0 Å². The molecule has 0 saturated carbocycles. The lowest BCUT2D eigenvalue weighted by Crippen LogP contribution is -2.17. The lowest BCUT2D eigenvalue weighted by atomic mass is 10.0. The van der Waals surface area contributed by atoms with Crippen LogP contribution >= 0.6 is 0 Å². The molecule has 24 heavy (non-hydrogen) atoms. The highest BCUT2D eigenvalue weighted by Gasteiger charge is 2.29. The van der Waals surface area contributed by atoms with Crippen LogP contribution in [0.1, 0.15) is 27.2 Å². The summed E-state index contributed by atoms with van der Waals surface area (Å²) in [5, 5.41) is 6.69. The Morgan fingerprint density at radius 2 is 2.00 bits per heavy atom. The number of ether oxygens (including phenoxy) is 1. The quantitative estimate of drug-likeness (QED) is 0.781. The monoisotopic (exact) mass is 321 g/mol. The van der Waals surface area contributed by atoms with Crippen LogP contribution in [-0.2, 0) is 6.61 Å². The van der Waals surface area contributed by atoms with Crippen LogP contribution in [0.2, 0.25) is 0 Å². The molecule has 120 valence electrons. The number of hydrogen-bond donors (Lipinski definition) is 1. The molecule has 1 aliphatic heterocycles. The molecule has 0 bridgehead atoms. The van der Waals surface area contributed by atoms with Crippen LogP contribution in [0.4, 0.5) is 5.82 Å². The Labute approximate surface area is 138 Å². The number of fused-ring (bicyclic) bond motifs is 3. The third-order valence-electron chi connectivity index (χ3n) is 3.91. The van der Waals surface area contributed by atoms with Crippen LogP contribution in [0.3, 0.4) is 0 Å². The van der Waals surface area contributed by atoms with Crippen molar-refractivity contribution in [2.75, 3.05) is 5.32 Å². The Kier molecular flexibility index (Phi) is 3.30. The van der Waals surface area contributed by atoms with Gasteiger partial charge in [0.15, 0.2) is 11.5 Å². The average molecular weight is 321 g/mol. The number of aryl methyl sites for hydroxylation is 2. The maximum Gasteiger partial charge on any atom is 0.279 e. The molecule has 3 heterocycles. The molecule has 6 nitrogen and oxygen atoms in total. The van der Waals surface area contributed by atoms with Crippen LogP contribution in [-0.4, -0.2) is 16.0 Å². The van der Waals surface area contributed by atoms with Crippen molar-refractivity contribution in [3.8, 4) is 17.1 Å². The maximum atomic E-state index is 12.5. The van der Waals surface area contributed by atoms with E-state index < -0.39 is 0 Å². The fourth-order valence-electron chi connectivity index (χ4n) is 2.71. The summed E-state index contributed by atoms with van der Waals surface area (Å²) in [5.41, 5.74) is 3.78. The van der Waals surface area contributed by atoms with Gasteiger partial charge < -0.3 is 14.6 Å². The van der Waals surface area contributed by atoms with Gasteiger partial charge in [-0.1, -0.05) is 16.8 Å². The topological polar surface area (TPSA) is 77.3 Å². The second-order valence-electron chi connectivity index (χ2n) is 5.80. The van der Waals surface area contributed by atoms with E-state index in [9.17, 15) is 4.79 Å². The minimum atomic E-state index is -0.363. The zero-order valence-electron chi connectivity index (χ0n) is 13.3. The average Bonchev–Trinajstić information content (AvgIpc) is 2.99. The first-order valence-corrected chi connectivity index (χ1v) is 7.58. The highest BCUT2D eigenvalue weighted by Crippen LogP contribution is 2.39. The standard InChI is InChI=1S/C18H15N3O3/c1-10-3-4-14-12(7-10)17-13(9-23-14)16(21-24-17)18(22)20-15-8-11(2)5-6-19-15/h3-8H,9H2,1-2H3,(H,19,20,22). The summed E-state index contributed by atoms with van der Waals surface area (Å²) in [6, 6.07) is 9.48. The van der Waals surface area contributed by atoms with E-state index in [1.807, 2.05) is 38.1 Å². The first-order chi connectivity index (χ1) is 11.6. The second-order valence-corrected chi connectivity index (χ2v) is 5.80. The number of nitrogens with one attached hydrogen (secondary N) is 1. The second kappa shape index (κ2) is 5.49. The van der Waals surface area contributed by atoms with E-state index in [-0.39, 0.29) is 18.2 Å². The third-order valence-corrected chi connectivity index (χ3v) is 3.91. The number of amides is 1. The van der Waals surface area contributed by atoms with Crippen molar-refractivity contribution in [2.45, 2.75) is 20.5 Å². The molecule has 0 fully saturated rings. The molecule has 2 aromatic heterocycles. The van der Waals surface area contributed by atoms with Gasteiger partial charge in [-0.15, -0.1) is 0 Å². The number of rotatable bonds is 2. The Morgan fingerprint density at radius 1 is 1.17 bits per heavy atom. The van der Waals surface area contributed by atoms with E-state index in [0.717, 1.165) is 22.4 Å². The van der Waals surface area contributed by atoms with Crippen LogP contribution in [0.5, 0.6) is 5.75 Å². The molecular formula is C18H15N3O3. The van der Waals surface area contributed by atoms with Gasteiger partial charge in [0.1, 0.15) is 18.2 Å². The van der Waals surface area contributed by atoms with E-state index in [0.29, 0.717) is 17.1 Å². The zero-order chi connectivity index (χ0) is 16.7. The van der Waals surface area contributed by atoms with Gasteiger partial charge in [0.25, 0.3) is 5.91 Å². The SMILES string of the molecule is Cc1ccnc(NC(=O)c2noc3c2COc2ccc(C)cc2-3)c1. The van der Waals surface area contributed by atoms with Crippen LogP contribution in [0.25, 0.3) is 11.3 Å². The van der Waals surface area contributed by atoms with Crippen molar-refractivity contribution in [1.82, 2.24) is 10.1 Å². The predicted octanol–water partition coefficient (Wildman–Crippen LogP) is 3.50. The highest BCUT2D eigenvalue weighted by atomic mass is 16.5. The molecule has 1 amide bonds. The number of hydrogen-bond acceptors (Lipinski definition) is 5. The summed E-state index contributed by atoms with van der Waals surface area (Å²) in [5.74, 6) is 1.43. The van der Waals surface area contributed by atoms with Crippen LogP contribution < -0.4 is 10.1 Å². The van der Waals surface area contributed by atoms with Crippen molar-refractivity contribution in [3.63, 3.8) is 0 Å². The molecule has 1 N–H and O–H groups in total. The number of aromatic nitrogens is 2. The zero-order valence-corrected chi connectivity index (χ0v) is 13.3. The molecular weight excluding hydrogens is 306 g/mol. The Morgan fingerprint density at radius 3 is 2.83 bits per heavy atom. The normalized spacial score (nSPS) is 12.1. The van der Waals surface area contributed by atoms with Crippen molar-refractivity contribution < 1.29 is 14.1 Å². The van der Waals surface area contributed by atoms with Gasteiger partial charge in [-0.25, -0.2) is 4.98 Å². The highest BCUT2D eigenvalue weighted by molar-refractivity contribution is 6.04. The minimum absolute atomic E-state index is 0.223. The lowest BCUT2D eigenvalue weighted by molar-refractivity contribution is 0.101. The Bertz CT molecular complexity index is 946. The molecule has 6 heteroatoms. The van der Waals surface area contributed by atoms with Gasteiger partial charge >= 0.3 is 0 Å². The van der Waals surface area contributed by atoms with E-state index in [1.54, 1.807) is 12.3 Å². The maximum absolute atomic E-state index is 12.5. The van der Waals surface area contributed by atoms with E-state index in [4.69, 9.17) is 9.26 Å². The van der Waals surface area contributed by atoms with Gasteiger partial charge in [0.05, 0.1) is 11.1 Å². The number of carbonyl (C=O) groups excluding carboxylic acids is 1. The number of carbonyl (C=O) groups is 1. The third kappa shape index (κ3) is 2.42.